The molecule has 0 bridgehead atoms. The molecule has 0 spiro atoms. The van der Waals surface area contributed by atoms with E-state index in [4.69, 9.17) is 5.73 Å². The molecule has 0 radical (unpaired) electrons. The van der Waals surface area contributed by atoms with Crippen LogP contribution < -0.4 is 5.73 Å². The molecule has 0 aromatic heterocycles. The van der Waals surface area contributed by atoms with Gasteiger partial charge < -0.3 is 5.73 Å². The van der Waals surface area contributed by atoms with Crippen LogP contribution in [-0.4, -0.2) is 17.0 Å². The average molecular weight is 215 g/mol. The fraction of sp³-hybridized carbons (Fsp3) is 1.00. The maximum absolute atomic E-state index is 5.74. The van der Waals surface area contributed by atoms with Gasteiger partial charge in [-0.1, -0.05) is 13.8 Å². The van der Waals surface area contributed by atoms with Gasteiger partial charge in [-0.15, -0.1) is 0 Å². The van der Waals surface area contributed by atoms with E-state index in [2.05, 4.69) is 32.5 Å². The maximum atomic E-state index is 5.74. The molecule has 84 valence electrons. The lowest BCUT2D eigenvalue weighted by Crippen LogP contribution is -2.23. The Kier molecular flexibility index (Phi) is 5.32. The zero-order valence-corrected chi connectivity index (χ0v) is 10.6. The third-order valence-corrected chi connectivity index (χ3v) is 4.85. The highest BCUT2D eigenvalue weighted by Gasteiger charge is 2.24. The van der Waals surface area contributed by atoms with Gasteiger partial charge in [-0.3, -0.25) is 0 Å². The van der Waals surface area contributed by atoms with Gasteiger partial charge in [0.05, 0.1) is 0 Å². The minimum Gasteiger partial charge on any atom is -0.328 e. The smallest absolute Gasteiger partial charge is 0.00498 e. The van der Waals surface area contributed by atoms with Crippen molar-refractivity contribution in [1.82, 2.24) is 0 Å². The Bertz CT molecular complexity index is 158. The van der Waals surface area contributed by atoms with Gasteiger partial charge in [0, 0.05) is 11.3 Å². The number of hydrogen-bond donors (Lipinski definition) is 1. The first-order valence-electron chi connectivity index (χ1n) is 5.96. The van der Waals surface area contributed by atoms with Crippen molar-refractivity contribution in [3.63, 3.8) is 0 Å². The van der Waals surface area contributed by atoms with Crippen LogP contribution in [0.1, 0.15) is 46.5 Å². The molecule has 1 saturated carbocycles. The molecule has 0 aliphatic heterocycles. The van der Waals surface area contributed by atoms with Gasteiger partial charge in [-0.2, -0.15) is 11.8 Å². The van der Waals surface area contributed by atoms with E-state index in [0.29, 0.717) is 6.04 Å². The molecule has 0 saturated heterocycles. The standard InChI is InChI=1S/C12H25NS/c1-9-4-5-12(8-10(9)2)14-7-6-11(3)13/h9-12H,4-8,13H2,1-3H3. The van der Waals surface area contributed by atoms with E-state index in [1.54, 1.807) is 0 Å². The quantitative estimate of drug-likeness (QED) is 0.779. The molecular weight excluding hydrogens is 190 g/mol. The number of rotatable bonds is 4. The summed E-state index contributed by atoms with van der Waals surface area (Å²) in [7, 11) is 0. The molecule has 1 nitrogen and oxygen atoms in total. The summed E-state index contributed by atoms with van der Waals surface area (Å²) >= 11 is 2.15. The van der Waals surface area contributed by atoms with Crippen molar-refractivity contribution in [2.75, 3.05) is 5.75 Å². The summed E-state index contributed by atoms with van der Waals surface area (Å²) in [5.41, 5.74) is 5.74. The highest BCUT2D eigenvalue weighted by Crippen LogP contribution is 2.35. The molecule has 0 aromatic rings. The summed E-state index contributed by atoms with van der Waals surface area (Å²) < 4.78 is 0. The third-order valence-electron chi connectivity index (χ3n) is 3.48. The summed E-state index contributed by atoms with van der Waals surface area (Å²) in [6.07, 6.45) is 5.45. The van der Waals surface area contributed by atoms with Crippen LogP contribution in [0, 0.1) is 11.8 Å². The first kappa shape index (κ1) is 12.4. The molecule has 2 N–H and O–H groups in total. The Morgan fingerprint density at radius 2 is 2.00 bits per heavy atom. The predicted molar refractivity (Wildman–Crippen MR) is 66.7 cm³/mol. The Morgan fingerprint density at radius 3 is 2.57 bits per heavy atom. The van der Waals surface area contributed by atoms with Crippen LogP contribution in [0.15, 0.2) is 0 Å². The van der Waals surface area contributed by atoms with E-state index in [1.807, 2.05) is 0 Å². The van der Waals surface area contributed by atoms with Crippen LogP contribution in [0.25, 0.3) is 0 Å². The van der Waals surface area contributed by atoms with Gasteiger partial charge >= 0.3 is 0 Å². The van der Waals surface area contributed by atoms with Crippen LogP contribution >= 0.6 is 11.8 Å². The first-order valence-corrected chi connectivity index (χ1v) is 7.01. The van der Waals surface area contributed by atoms with Gasteiger partial charge in [0.1, 0.15) is 0 Å². The van der Waals surface area contributed by atoms with Gasteiger partial charge in [0.25, 0.3) is 0 Å². The van der Waals surface area contributed by atoms with Crippen molar-refractivity contribution >= 4 is 11.8 Å². The van der Waals surface area contributed by atoms with Crippen molar-refractivity contribution in [2.24, 2.45) is 17.6 Å². The van der Waals surface area contributed by atoms with Crippen molar-refractivity contribution in [3.05, 3.63) is 0 Å². The molecule has 1 rings (SSSR count). The van der Waals surface area contributed by atoms with E-state index in [-0.39, 0.29) is 0 Å². The molecule has 1 fully saturated rings. The van der Waals surface area contributed by atoms with E-state index < -0.39 is 0 Å². The zero-order chi connectivity index (χ0) is 10.6. The Morgan fingerprint density at radius 1 is 1.29 bits per heavy atom. The Hall–Kier alpha value is 0.310. The van der Waals surface area contributed by atoms with Crippen LogP contribution in [0.5, 0.6) is 0 Å². The monoisotopic (exact) mass is 215 g/mol. The summed E-state index contributed by atoms with van der Waals surface area (Å²) in [5.74, 6) is 3.13. The SMILES string of the molecule is CC(N)CCSC1CCC(C)C(C)C1. The van der Waals surface area contributed by atoms with Crippen molar-refractivity contribution < 1.29 is 0 Å². The largest absolute Gasteiger partial charge is 0.328 e. The fourth-order valence-electron chi connectivity index (χ4n) is 2.07. The fourth-order valence-corrected chi connectivity index (χ4v) is 3.65. The minimum absolute atomic E-state index is 0.377. The molecule has 4 unspecified atom stereocenters. The van der Waals surface area contributed by atoms with Crippen LogP contribution in [0.3, 0.4) is 0 Å². The lowest BCUT2D eigenvalue weighted by molar-refractivity contribution is 0.283. The lowest BCUT2D eigenvalue weighted by Gasteiger charge is -2.31. The molecule has 1 aliphatic carbocycles. The van der Waals surface area contributed by atoms with Crippen molar-refractivity contribution in [3.8, 4) is 0 Å². The Balaban J connectivity index is 2.13. The number of hydrogen-bond acceptors (Lipinski definition) is 2. The Labute approximate surface area is 93.2 Å². The molecule has 1 aliphatic rings. The summed E-state index contributed by atoms with van der Waals surface area (Å²) in [6.45, 7) is 6.91. The molecule has 0 aromatic carbocycles. The second-order valence-corrected chi connectivity index (χ2v) is 6.43. The van der Waals surface area contributed by atoms with E-state index >= 15 is 0 Å². The maximum Gasteiger partial charge on any atom is 0.00498 e. The second kappa shape index (κ2) is 6.02. The van der Waals surface area contributed by atoms with E-state index in [1.165, 1.54) is 31.4 Å². The van der Waals surface area contributed by atoms with Crippen LogP contribution in [-0.2, 0) is 0 Å². The lowest BCUT2D eigenvalue weighted by atomic mass is 9.81. The average Bonchev–Trinajstić information content (AvgIpc) is 2.10. The molecule has 2 heteroatoms. The topological polar surface area (TPSA) is 26.0 Å². The molecule has 4 atom stereocenters. The van der Waals surface area contributed by atoms with E-state index in [9.17, 15) is 0 Å². The first-order chi connectivity index (χ1) is 6.59. The van der Waals surface area contributed by atoms with Gasteiger partial charge in [-0.25, -0.2) is 0 Å². The van der Waals surface area contributed by atoms with E-state index in [0.717, 1.165) is 17.1 Å². The normalized spacial score (nSPS) is 35.6. The summed E-state index contributed by atoms with van der Waals surface area (Å²) in [5, 5.41) is 0.917. The molecule has 0 amide bonds. The molecule has 0 heterocycles. The highest BCUT2D eigenvalue weighted by atomic mass is 32.2. The van der Waals surface area contributed by atoms with Crippen molar-refractivity contribution in [1.29, 1.82) is 0 Å². The zero-order valence-electron chi connectivity index (χ0n) is 9.83. The van der Waals surface area contributed by atoms with Gasteiger partial charge in [0.15, 0.2) is 0 Å². The number of thioether (sulfide) groups is 1. The van der Waals surface area contributed by atoms with Crippen LogP contribution in [0.2, 0.25) is 0 Å². The molecular formula is C12H25NS. The van der Waals surface area contributed by atoms with Crippen LogP contribution in [0.4, 0.5) is 0 Å². The highest BCUT2D eigenvalue weighted by molar-refractivity contribution is 7.99. The third kappa shape index (κ3) is 4.22. The minimum atomic E-state index is 0.377. The summed E-state index contributed by atoms with van der Waals surface area (Å²) in [6, 6.07) is 0.377. The van der Waals surface area contributed by atoms with Gasteiger partial charge in [0.2, 0.25) is 0 Å². The predicted octanol–water partition coefficient (Wildman–Crippen LogP) is 3.28. The second-order valence-electron chi connectivity index (χ2n) is 5.03. The number of nitrogens with two attached hydrogens (primary N) is 1. The molecule has 14 heavy (non-hydrogen) atoms. The van der Waals surface area contributed by atoms with Crippen molar-refractivity contribution in [2.45, 2.75) is 57.7 Å². The summed E-state index contributed by atoms with van der Waals surface area (Å²) in [4.78, 5) is 0. The van der Waals surface area contributed by atoms with Gasteiger partial charge in [-0.05, 0) is 50.2 Å².